The summed E-state index contributed by atoms with van der Waals surface area (Å²) in [7, 11) is 2.75. The summed E-state index contributed by atoms with van der Waals surface area (Å²) < 4.78 is 16.0. The molecule has 1 fully saturated rings. The van der Waals surface area contributed by atoms with Crippen LogP contribution in [0.5, 0.6) is 0 Å². The Kier molecular flexibility index (Phi) is 7.37. The topological polar surface area (TPSA) is 114 Å². The van der Waals surface area contributed by atoms with Gasteiger partial charge < -0.3 is 29.5 Å². The Hall–Kier alpha value is -3.43. The molecule has 0 spiro atoms. The number of ether oxygens (including phenoxy) is 3. The molecule has 2 N–H and O–H groups in total. The molecule has 2 amide bonds. The molecule has 2 aromatic carbocycles. The van der Waals surface area contributed by atoms with E-state index in [2.05, 4.69) is 17.4 Å². The number of carboxylic acids is 1. The number of nitrogens with one attached hydrogen (secondary N) is 1. The zero-order chi connectivity index (χ0) is 25.0. The number of carboxylic acid groups (broad SMARTS) is 1. The minimum absolute atomic E-state index is 0.0768. The predicted molar refractivity (Wildman–Crippen MR) is 127 cm³/mol. The average molecular weight is 483 g/mol. The number of rotatable bonds is 8. The van der Waals surface area contributed by atoms with Gasteiger partial charge in [-0.2, -0.15) is 0 Å². The summed E-state index contributed by atoms with van der Waals surface area (Å²) in [4.78, 5) is 39.0. The van der Waals surface area contributed by atoms with E-state index in [0.717, 1.165) is 22.3 Å². The maximum absolute atomic E-state index is 13.2. The van der Waals surface area contributed by atoms with Crippen molar-refractivity contribution in [2.75, 3.05) is 40.5 Å². The fraction of sp³-hybridized carbons (Fsp3) is 0.423. The smallest absolute Gasteiger partial charge is 0.407 e. The molecular weight excluding hydrogens is 452 g/mol. The Labute approximate surface area is 204 Å². The molecule has 1 saturated heterocycles. The standard InChI is InChI=1S/C26H30N2O7/c1-33-15-22(23(29)28-13-7-12-26(16-28,34-2)24(30)31)27-25(32)35-14-21-19-10-5-3-8-17(19)18-9-4-6-11-20(18)21/h3-6,8-11,21-22H,7,12-16H2,1-2H3,(H,27,32)(H,30,31). The van der Waals surface area contributed by atoms with Crippen molar-refractivity contribution >= 4 is 18.0 Å². The van der Waals surface area contributed by atoms with Crippen LogP contribution in [0.25, 0.3) is 11.1 Å². The summed E-state index contributed by atoms with van der Waals surface area (Å²) in [5, 5.41) is 12.2. The number of methoxy groups -OCH3 is 2. The Morgan fingerprint density at radius 3 is 2.29 bits per heavy atom. The normalized spacial score (nSPS) is 20.0. The molecule has 1 heterocycles. The van der Waals surface area contributed by atoms with Crippen LogP contribution in [-0.2, 0) is 23.8 Å². The molecule has 1 aliphatic heterocycles. The molecule has 1 aliphatic carbocycles. The summed E-state index contributed by atoms with van der Waals surface area (Å²) >= 11 is 0. The largest absolute Gasteiger partial charge is 0.479 e. The lowest BCUT2D eigenvalue weighted by molar-refractivity contribution is -0.171. The number of benzene rings is 2. The average Bonchev–Trinajstić information content (AvgIpc) is 3.20. The van der Waals surface area contributed by atoms with Crippen molar-refractivity contribution < 1.29 is 33.7 Å². The monoisotopic (exact) mass is 482 g/mol. The molecule has 35 heavy (non-hydrogen) atoms. The molecule has 2 aliphatic rings. The van der Waals surface area contributed by atoms with Gasteiger partial charge in [-0.3, -0.25) is 4.79 Å². The Morgan fingerprint density at radius 2 is 1.71 bits per heavy atom. The maximum Gasteiger partial charge on any atom is 0.407 e. The van der Waals surface area contributed by atoms with Gasteiger partial charge in [0.25, 0.3) is 0 Å². The number of carbonyl (C=O) groups excluding carboxylic acids is 2. The minimum Gasteiger partial charge on any atom is -0.479 e. The number of likely N-dealkylation sites (tertiary alicyclic amines) is 1. The van der Waals surface area contributed by atoms with Crippen molar-refractivity contribution in [2.45, 2.75) is 30.4 Å². The number of nitrogens with zero attached hydrogens (tertiary/aromatic N) is 1. The van der Waals surface area contributed by atoms with Crippen molar-refractivity contribution in [1.29, 1.82) is 0 Å². The van der Waals surface area contributed by atoms with E-state index >= 15 is 0 Å². The molecular formula is C26H30N2O7. The van der Waals surface area contributed by atoms with E-state index in [9.17, 15) is 19.5 Å². The number of piperidine rings is 1. The van der Waals surface area contributed by atoms with E-state index in [0.29, 0.717) is 19.4 Å². The van der Waals surface area contributed by atoms with Gasteiger partial charge in [0.15, 0.2) is 5.60 Å². The van der Waals surface area contributed by atoms with Gasteiger partial charge in [-0.25, -0.2) is 9.59 Å². The molecule has 0 radical (unpaired) electrons. The minimum atomic E-state index is -1.46. The van der Waals surface area contributed by atoms with Crippen LogP contribution in [0.2, 0.25) is 0 Å². The Balaban J connectivity index is 1.42. The molecule has 2 atom stereocenters. The van der Waals surface area contributed by atoms with E-state index in [1.165, 1.54) is 19.1 Å². The third-order valence-corrected chi connectivity index (χ3v) is 6.81. The zero-order valence-electron chi connectivity index (χ0n) is 19.9. The maximum atomic E-state index is 13.2. The van der Waals surface area contributed by atoms with Crippen molar-refractivity contribution in [3.63, 3.8) is 0 Å². The van der Waals surface area contributed by atoms with E-state index in [1.54, 1.807) is 0 Å². The van der Waals surface area contributed by atoms with E-state index in [1.807, 2.05) is 36.4 Å². The van der Waals surface area contributed by atoms with Crippen molar-refractivity contribution in [3.05, 3.63) is 59.7 Å². The highest BCUT2D eigenvalue weighted by atomic mass is 16.5. The van der Waals surface area contributed by atoms with Gasteiger partial charge in [0.05, 0.1) is 13.2 Å². The van der Waals surface area contributed by atoms with Crippen LogP contribution in [0.1, 0.15) is 29.9 Å². The first-order valence-electron chi connectivity index (χ1n) is 11.6. The van der Waals surface area contributed by atoms with Crippen LogP contribution in [0, 0.1) is 0 Å². The first-order valence-corrected chi connectivity index (χ1v) is 11.6. The predicted octanol–water partition coefficient (Wildman–Crippen LogP) is 2.63. The third-order valence-electron chi connectivity index (χ3n) is 6.81. The number of hydrogen-bond donors (Lipinski definition) is 2. The molecule has 4 rings (SSSR count). The van der Waals surface area contributed by atoms with E-state index < -0.39 is 29.6 Å². The second-order valence-corrected chi connectivity index (χ2v) is 8.84. The number of hydrogen-bond acceptors (Lipinski definition) is 6. The van der Waals surface area contributed by atoms with Crippen molar-refractivity contribution in [1.82, 2.24) is 10.2 Å². The van der Waals surface area contributed by atoms with Crippen LogP contribution in [0.15, 0.2) is 48.5 Å². The number of alkyl carbamates (subject to hydrolysis) is 1. The van der Waals surface area contributed by atoms with Gasteiger partial charge >= 0.3 is 12.1 Å². The number of carbonyl (C=O) groups is 3. The number of fused-ring (bicyclic) bond motifs is 3. The lowest BCUT2D eigenvalue weighted by Gasteiger charge is -2.39. The molecule has 0 bridgehead atoms. The lowest BCUT2D eigenvalue weighted by Crippen LogP contribution is -2.60. The van der Waals surface area contributed by atoms with E-state index in [4.69, 9.17) is 14.2 Å². The first-order chi connectivity index (χ1) is 16.9. The molecule has 186 valence electrons. The summed E-state index contributed by atoms with van der Waals surface area (Å²) in [6.45, 7) is 0.296. The number of amides is 2. The molecule has 2 unspecified atom stereocenters. The van der Waals surface area contributed by atoms with Gasteiger partial charge in [-0.05, 0) is 35.1 Å². The summed E-state index contributed by atoms with van der Waals surface area (Å²) in [6.07, 6.45) is 0.0314. The van der Waals surface area contributed by atoms with Crippen LogP contribution in [0.3, 0.4) is 0 Å². The third kappa shape index (κ3) is 4.87. The van der Waals surface area contributed by atoms with Gasteiger partial charge in [-0.15, -0.1) is 0 Å². The molecule has 2 aromatic rings. The fourth-order valence-corrected chi connectivity index (χ4v) is 4.98. The second-order valence-electron chi connectivity index (χ2n) is 8.84. The van der Waals surface area contributed by atoms with Crippen LogP contribution >= 0.6 is 0 Å². The highest BCUT2D eigenvalue weighted by Gasteiger charge is 2.45. The Morgan fingerprint density at radius 1 is 1.09 bits per heavy atom. The van der Waals surface area contributed by atoms with Gasteiger partial charge in [0.2, 0.25) is 5.91 Å². The highest BCUT2D eigenvalue weighted by molar-refractivity contribution is 5.87. The zero-order valence-corrected chi connectivity index (χ0v) is 19.9. The lowest BCUT2D eigenvalue weighted by atomic mass is 9.92. The fourth-order valence-electron chi connectivity index (χ4n) is 4.98. The second kappa shape index (κ2) is 10.5. The summed E-state index contributed by atoms with van der Waals surface area (Å²) in [6, 6.07) is 15.0. The van der Waals surface area contributed by atoms with Gasteiger partial charge in [0, 0.05) is 26.7 Å². The molecule has 0 saturated carbocycles. The van der Waals surface area contributed by atoms with Gasteiger partial charge in [-0.1, -0.05) is 48.5 Å². The quantitative estimate of drug-likeness (QED) is 0.594. The first kappa shape index (κ1) is 24.7. The van der Waals surface area contributed by atoms with Crippen LogP contribution in [0.4, 0.5) is 4.79 Å². The molecule has 0 aromatic heterocycles. The summed E-state index contributed by atoms with van der Waals surface area (Å²) in [5.74, 6) is -1.67. The Bertz CT molecular complexity index is 1060. The highest BCUT2D eigenvalue weighted by Crippen LogP contribution is 2.44. The van der Waals surface area contributed by atoms with Crippen molar-refractivity contribution in [2.24, 2.45) is 0 Å². The SMILES string of the molecule is COCC(NC(=O)OCC1c2ccccc2-c2ccccc21)C(=O)N1CCCC(OC)(C(=O)O)C1. The summed E-state index contributed by atoms with van der Waals surface area (Å²) in [5.41, 5.74) is 2.95. The van der Waals surface area contributed by atoms with Crippen LogP contribution < -0.4 is 5.32 Å². The molecule has 9 nitrogen and oxygen atoms in total. The van der Waals surface area contributed by atoms with Gasteiger partial charge in [0.1, 0.15) is 12.6 Å². The van der Waals surface area contributed by atoms with Crippen LogP contribution in [-0.4, -0.2) is 80.1 Å². The van der Waals surface area contributed by atoms with E-state index in [-0.39, 0.29) is 25.7 Å². The number of aliphatic carboxylic acids is 1. The molecule has 9 heteroatoms. The van der Waals surface area contributed by atoms with Crippen molar-refractivity contribution in [3.8, 4) is 11.1 Å².